The Labute approximate surface area is 175 Å². The molecular formula is C22H25Cl2N3O. The highest BCUT2D eigenvalue weighted by Gasteiger charge is 2.45. The Morgan fingerprint density at radius 3 is 2.50 bits per heavy atom. The molecule has 0 aliphatic heterocycles. The van der Waals surface area contributed by atoms with Crippen molar-refractivity contribution in [2.75, 3.05) is 7.05 Å². The Hall–Kier alpha value is -1.59. The minimum absolute atomic E-state index is 0.0833. The van der Waals surface area contributed by atoms with Crippen LogP contribution in [-0.2, 0) is 0 Å². The average molecular weight is 418 g/mol. The minimum Gasteiger partial charge on any atom is -0.391 e. The highest BCUT2D eigenvalue weighted by Crippen LogP contribution is 2.42. The lowest BCUT2D eigenvalue weighted by Crippen LogP contribution is -2.25. The van der Waals surface area contributed by atoms with Gasteiger partial charge in [-0.1, -0.05) is 48.3 Å². The number of hydrogen-bond acceptors (Lipinski definition) is 3. The quantitative estimate of drug-likeness (QED) is 0.513. The molecule has 1 fully saturated rings. The van der Waals surface area contributed by atoms with E-state index in [0.29, 0.717) is 15.9 Å². The summed E-state index contributed by atoms with van der Waals surface area (Å²) in [4.78, 5) is 4.51. The lowest BCUT2D eigenvalue weighted by atomic mass is 9.76. The van der Waals surface area contributed by atoms with Gasteiger partial charge in [-0.2, -0.15) is 0 Å². The highest BCUT2D eigenvalue weighted by molar-refractivity contribution is 6.42. The summed E-state index contributed by atoms with van der Waals surface area (Å²) in [5.74, 6) is 0.940. The van der Waals surface area contributed by atoms with Gasteiger partial charge in [0, 0.05) is 23.4 Å². The maximum Gasteiger partial charge on any atom is 0.126 e. The van der Waals surface area contributed by atoms with Gasteiger partial charge in [-0.25, -0.2) is 0 Å². The molecule has 0 aromatic heterocycles. The fraction of sp³-hybridized carbons (Fsp3) is 0.409. The highest BCUT2D eigenvalue weighted by atomic mass is 35.5. The number of rotatable bonds is 4. The molecule has 2 aliphatic carbocycles. The number of nitrogens with one attached hydrogen (secondary N) is 1. The lowest BCUT2D eigenvalue weighted by Gasteiger charge is -2.32. The van der Waals surface area contributed by atoms with Crippen LogP contribution in [0.15, 0.2) is 41.4 Å². The molecule has 4 nitrogen and oxygen atoms in total. The van der Waals surface area contributed by atoms with Gasteiger partial charge < -0.3 is 16.2 Å². The standard InChI is InChI=1S/C22H25Cl2N3O/c1-11-20(21(11)28)27-22(25)13-3-5-15-14(6-8-19(26-2)16(15)9-13)12-4-7-17(23)18(24)10-12/h3-5,7,9-11,14,19-21,26,28H,6,8H2,1-2H3,(H2,25,27). The monoisotopic (exact) mass is 417 g/mol. The Bertz CT molecular complexity index is 922. The van der Waals surface area contributed by atoms with Crippen molar-refractivity contribution < 1.29 is 5.11 Å². The fourth-order valence-electron chi connectivity index (χ4n) is 4.22. The molecule has 5 unspecified atom stereocenters. The smallest absolute Gasteiger partial charge is 0.126 e. The van der Waals surface area contributed by atoms with Crippen molar-refractivity contribution in [1.82, 2.24) is 5.32 Å². The second kappa shape index (κ2) is 7.68. The summed E-state index contributed by atoms with van der Waals surface area (Å²) in [5, 5.41) is 14.4. The molecular weight excluding hydrogens is 393 g/mol. The van der Waals surface area contributed by atoms with Crippen LogP contribution in [0.3, 0.4) is 0 Å². The molecule has 2 aromatic carbocycles. The lowest BCUT2D eigenvalue weighted by molar-refractivity contribution is 0.259. The summed E-state index contributed by atoms with van der Waals surface area (Å²) in [6.45, 7) is 1.98. The molecule has 148 valence electrons. The normalized spacial score (nSPS) is 29.5. The molecule has 0 spiro atoms. The van der Waals surface area contributed by atoms with Crippen LogP contribution in [0.2, 0.25) is 10.0 Å². The third-order valence-corrected chi connectivity index (χ3v) is 6.89. The number of aliphatic imine (C=N–C) groups is 1. The molecule has 6 heteroatoms. The van der Waals surface area contributed by atoms with Crippen molar-refractivity contribution in [1.29, 1.82) is 0 Å². The van der Waals surface area contributed by atoms with E-state index in [1.165, 1.54) is 16.7 Å². The molecule has 0 radical (unpaired) electrons. The number of nitrogens with zero attached hydrogens (tertiary/aromatic N) is 1. The molecule has 0 heterocycles. The predicted octanol–water partition coefficient (Wildman–Crippen LogP) is 4.26. The van der Waals surface area contributed by atoms with Crippen LogP contribution in [0.25, 0.3) is 0 Å². The summed E-state index contributed by atoms with van der Waals surface area (Å²) in [6.07, 6.45) is 1.68. The third-order valence-electron chi connectivity index (χ3n) is 6.15. The fourth-order valence-corrected chi connectivity index (χ4v) is 4.53. The van der Waals surface area contributed by atoms with E-state index in [9.17, 15) is 5.11 Å². The van der Waals surface area contributed by atoms with Gasteiger partial charge in [-0.15, -0.1) is 0 Å². The van der Waals surface area contributed by atoms with E-state index in [4.69, 9.17) is 28.9 Å². The Morgan fingerprint density at radius 1 is 1.11 bits per heavy atom. The zero-order chi connectivity index (χ0) is 20.0. The van der Waals surface area contributed by atoms with Gasteiger partial charge in [0.15, 0.2) is 0 Å². The van der Waals surface area contributed by atoms with Crippen LogP contribution < -0.4 is 11.1 Å². The summed E-state index contributed by atoms with van der Waals surface area (Å²) < 4.78 is 0. The molecule has 0 bridgehead atoms. The third kappa shape index (κ3) is 3.55. The zero-order valence-electron chi connectivity index (χ0n) is 16.0. The molecule has 28 heavy (non-hydrogen) atoms. The minimum atomic E-state index is -0.375. The van der Waals surface area contributed by atoms with Gasteiger partial charge in [0.05, 0.1) is 22.2 Å². The number of nitrogens with two attached hydrogens (primary N) is 1. The molecule has 2 aromatic rings. The van der Waals surface area contributed by atoms with E-state index < -0.39 is 0 Å². The van der Waals surface area contributed by atoms with Gasteiger partial charge in [-0.05, 0) is 54.8 Å². The van der Waals surface area contributed by atoms with Crippen LogP contribution in [0.1, 0.15) is 54.0 Å². The number of amidine groups is 1. The predicted molar refractivity (Wildman–Crippen MR) is 115 cm³/mol. The van der Waals surface area contributed by atoms with E-state index in [1.54, 1.807) is 0 Å². The van der Waals surface area contributed by atoms with E-state index in [0.717, 1.165) is 18.4 Å². The van der Waals surface area contributed by atoms with E-state index in [-0.39, 0.29) is 30.0 Å². The van der Waals surface area contributed by atoms with Crippen molar-refractivity contribution in [2.45, 2.75) is 43.9 Å². The molecule has 5 atom stereocenters. The second-order valence-electron chi connectivity index (χ2n) is 7.84. The van der Waals surface area contributed by atoms with Gasteiger partial charge >= 0.3 is 0 Å². The number of aliphatic hydroxyl groups is 1. The first kappa shape index (κ1) is 19.7. The first-order chi connectivity index (χ1) is 13.4. The Kier molecular flexibility index (Phi) is 5.41. The van der Waals surface area contributed by atoms with Crippen LogP contribution in [0.5, 0.6) is 0 Å². The largest absolute Gasteiger partial charge is 0.391 e. The molecule has 1 saturated carbocycles. The van der Waals surface area contributed by atoms with Crippen LogP contribution in [0, 0.1) is 5.92 Å². The molecule has 0 amide bonds. The van der Waals surface area contributed by atoms with Gasteiger partial charge in [0.25, 0.3) is 0 Å². The summed E-state index contributed by atoms with van der Waals surface area (Å²) in [7, 11) is 1.99. The van der Waals surface area contributed by atoms with E-state index >= 15 is 0 Å². The molecule has 0 saturated heterocycles. The number of hydrogen-bond donors (Lipinski definition) is 3. The van der Waals surface area contributed by atoms with Gasteiger partial charge in [0.1, 0.15) is 5.84 Å². The van der Waals surface area contributed by atoms with Crippen molar-refractivity contribution in [3.05, 3.63) is 68.7 Å². The van der Waals surface area contributed by atoms with E-state index in [2.05, 4.69) is 28.5 Å². The van der Waals surface area contributed by atoms with Crippen molar-refractivity contribution in [2.24, 2.45) is 16.6 Å². The average Bonchev–Trinajstić information content (AvgIpc) is 3.26. The summed E-state index contributed by atoms with van der Waals surface area (Å²) in [5.41, 5.74) is 10.8. The second-order valence-corrected chi connectivity index (χ2v) is 8.66. The van der Waals surface area contributed by atoms with Crippen molar-refractivity contribution >= 4 is 29.0 Å². The van der Waals surface area contributed by atoms with Crippen LogP contribution >= 0.6 is 23.2 Å². The maximum atomic E-state index is 9.77. The van der Waals surface area contributed by atoms with Gasteiger partial charge in [-0.3, -0.25) is 4.99 Å². The number of halogens is 2. The number of aliphatic hydroxyl groups excluding tert-OH is 1. The topological polar surface area (TPSA) is 70.6 Å². The zero-order valence-corrected chi connectivity index (χ0v) is 17.5. The SMILES string of the molecule is CNC1CCC(c2ccc(Cl)c(Cl)c2)c2ccc(C(N)=NC3C(C)C3O)cc21. The molecule has 2 aliphatic rings. The summed E-state index contributed by atoms with van der Waals surface area (Å²) >= 11 is 12.4. The number of benzene rings is 2. The Balaban J connectivity index is 1.71. The van der Waals surface area contributed by atoms with Gasteiger partial charge in [0.2, 0.25) is 0 Å². The van der Waals surface area contributed by atoms with Crippen LogP contribution in [-0.4, -0.2) is 30.1 Å². The first-order valence-corrected chi connectivity index (χ1v) is 10.4. The molecule has 4 N–H and O–H groups in total. The van der Waals surface area contributed by atoms with Crippen LogP contribution in [0.4, 0.5) is 0 Å². The van der Waals surface area contributed by atoms with Crippen molar-refractivity contribution in [3.8, 4) is 0 Å². The van der Waals surface area contributed by atoms with E-state index in [1.807, 2.05) is 32.2 Å². The first-order valence-electron chi connectivity index (χ1n) is 9.68. The molecule has 4 rings (SSSR count). The van der Waals surface area contributed by atoms with Crippen molar-refractivity contribution in [3.63, 3.8) is 0 Å². The maximum absolute atomic E-state index is 9.77. The summed E-state index contributed by atoms with van der Waals surface area (Å²) in [6, 6.07) is 12.4. The Morgan fingerprint density at radius 2 is 1.86 bits per heavy atom. The number of fused-ring (bicyclic) bond motifs is 1.